The summed E-state index contributed by atoms with van der Waals surface area (Å²) >= 11 is 0. The average molecular weight is 470 g/mol. The fraction of sp³-hybridized carbons (Fsp3) is 0.273. The molecule has 0 nitrogen and oxygen atoms in total. The number of rotatable bonds is 4. The maximum atomic E-state index is 3.79. The number of benzene rings is 2. The first-order valence-electron chi connectivity index (χ1n) is 8.79. The summed E-state index contributed by atoms with van der Waals surface area (Å²) in [6, 6.07) is 25.1. The standard InChI is InChI=1S/C22H23Si.3ClH.Ti/c1-3-10-19(11-4-1)18-20-12-9-15-22(20)23(16-7-8-17-23)21-13-5-2-6-14-21;;;;/h1-6,10-14H,7-9,16-18H2;3*1H;/q-1;;;;+4/p-3. The summed E-state index contributed by atoms with van der Waals surface area (Å²) in [5.74, 6) is 0. The molecular formula is C22H23Cl3SiTi. The molecule has 140 valence electrons. The van der Waals surface area contributed by atoms with Crippen LogP contribution < -0.4 is 42.4 Å². The van der Waals surface area contributed by atoms with Gasteiger partial charge in [0.15, 0.2) is 0 Å². The maximum absolute atomic E-state index is 3.79. The molecule has 0 spiro atoms. The van der Waals surface area contributed by atoms with Crippen LogP contribution in [0.15, 0.2) is 77.5 Å². The van der Waals surface area contributed by atoms with Gasteiger partial charge in [0.2, 0.25) is 0 Å². The second-order valence-electron chi connectivity index (χ2n) is 6.80. The Morgan fingerprint density at radius 3 is 1.93 bits per heavy atom. The van der Waals surface area contributed by atoms with Crippen molar-refractivity contribution >= 4 is 13.3 Å². The molecule has 1 saturated heterocycles. The summed E-state index contributed by atoms with van der Waals surface area (Å²) in [6.45, 7) is 0. The van der Waals surface area contributed by atoms with Gasteiger partial charge in [-0.2, -0.15) is 11.6 Å². The van der Waals surface area contributed by atoms with Crippen LogP contribution in [0.2, 0.25) is 12.1 Å². The number of halogens is 3. The van der Waals surface area contributed by atoms with Crippen molar-refractivity contribution in [2.45, 2.75) is 37.8 Å². The van der Waals surface area contributed by atoms with Crippen LogP contribution in [-0.4, -0.2) is 8.07 Å². The molecule has 0 N–H and O–H groups in total. The third-order valence-electron chi connectivity index (χ3n) is 5.45. The quantitative estimate of drug-likeness (QED) is 0.316. The molecule has 0 bridgehead atoms. The van der Waals surface area contributed by atoms with Crippen LogP contribution in [0.4, 0.5) is 0 Å². The van der Waals surface area contributed by atoms with E-state index in [1.807, 2.05) is 0 Å². The molecule has 2 aromatic rings. The van der Waals surface area contributed by atoms with Crippen LogP contribution in [0.25, 0.3) is 0 Å². The van der Waals surface area contributed by atoms with Gasteiger partial charge in [-0.1, -0.05) is 103 Å². The van der Waals surface area contributed by atoms with Gasteiger partial charge in [0, 0.05) is 0 Å². The van der Waals surface area contributed by atoms with Crippen LogP contribution in [0, 0.1) is 6.08 Å². The molecule has 0 saturated carbocycles. The van der Waals surface area contributed by atoms with E-state index in [4.69, 9.17) is 0 Å². The normalized spacial score (nSPS) is 16.6. The van der Waals surface area contributed by atoms with E-state index in [1.165, 1.54) is 30.5 Å². The first-order chi connectivity index (χ1) is 11.4. The molecule has 5 heteroatoms. The Morgan fingerprint density at radius 2 is 1.33 bits per heavy atom. The van der Waals surface area contributed by atoms with E-state index >= 15 is 0 Å². The summed E-state index contributed by atoms with van der Waals surface area (Å²) in [4.78, 5) is 0. The Balaban J connectivity index is 0.00000169. The summed E-state index contributed by atoms with van der Waals surface area (Å²) in [7, 11) is -1.56. The molecule has 0 atom stereocenters. The second kappa shape index (κ2) is 12.3. The molecule has 0 unspecified atom stereocenters. The third-order valence-corrected chi connectivity index (χ3v) is 10.8. The van der Waals surface area contributed by atoms with Gasteiger partial charge in [-0.05, 0) is 0 Å². The van der Waals surface area contributed by atoms with Crippen molar-refractivity contribution in [3.63, 3.8) is 0 Å². The largest absolute Gasteiger partial charge is 4.00 e. The molecule has 1 heterocycles. The van der Waals surface area contributed by atoms with Crippen LogP contribution in [0.5, 0.6) is 0 Å². The van der Waals surface area contributed by atoms with Crippen molar-refractivity contribution in [1.29, 1.82) is 0 Å². The van der Waals surface area contributed by atoms with E-state index in [9.17, 15) is 0 Å². The Hall–Kier alpha value is -0.279. The van der Waals surface area contributed by atoms with Crippen molar-refractivity contribution < 1.29 is 58.9 Å². The molecule has 0 amide bonds. The smallest absolute Gasteiger partial charge is 1.00 e. The second-order valence-corrected chi connectivity index (χ2v) is 11.0. The first kappa shape index (κ1) is 26.7. The summed E-state index contributed by atoms with van der Waals surface area (Å²) < 4.78 is 0. The van der Waals surface area contributed by atoms with E-state index in [1.54, 1.807) is 16.0 Å². The number of hydrogen-bond acceptors (Lipinski definition) is 0. The molecular weight excluding hydrogens is 447 g/mol. The first-order valence-corrected chi connectivity index (χ1v) is 11.2. The monoisotopic (exact) mass is 468 g/mol. The average Bonchev–Trinajstić information content (AvgIpc) is 3.26. The van der Waals surface area contributed by atoms with Crippen molar-refractivity contribution in [1.82, 2.24) is 0 Å². The van der Waals surface area contributed by atoms with Crippen molar-refractivity contribution in [2.75, 3.05) is 0 Å². The third kappa shape index (κ3) is 5.63. The molecule has 4 rings (SSSR count). The molecule has 1 aliphatic heterocycles. The van der Waals surface area contributed by atoms with Gasteiger partial charge in [-0.25, -0.2) is 5.20 Å². The van der Waals surface area contributed by atoms with Crippen molar-refractivity contribution in [2.24, 2.45) is 0 Å². The van der Waals surface area contributed by atoms with Gasteiger partial charge >= 0.3 is 21.7 Å². The number of hydrogen-bond donors (Lipinski definition) is 0. The molecule has 2 aliphatic rings. The predicted molar refractivity (Wildman–Crippen MR) is 100 cm³/mol. The summed E-state index contributed by atoms with van der Waals surface area (Å²) in [5.41, 5.74) is 2.99. The van der Waals surface area contributed by atoms with Crippen LogP contribution in [0.3, 0.4) is 0 Å². The van der Waals surface area contributed by atoms with Crippen molar-refractivity contribution in [3.05, 3.63) is 89.1 Å². The zero-order valence-corrected chi connectivity index (χ0v) is 20.1. The van der Waals surface area contributed by atoms with E-state index < -0.39 is 8.07 Å². The van der Waals surface area contributed by atoms with Gasteiger partial charge in [-0.3, -0.25) is 6.08 Å². The molecule has 27 heavy (non-hydrogen) atoms. The Kier molecular flexibility index (Phi) is 12.2. The van der Waals surface area contributed by atoms with Crippen LogP contribution in [0.1, 0.15) is 24.8 Å². The molecule has 1 aliphatic carbocycles. The fourth-order valence-corrected chi connectivity index (χ4v) is 9.76. The van der Waals surface area contributed by atoms with E-state index in [0.717, 1.165) is 12.8 Å². The van der Waals surface area contributed by atoms with Gasteiger partial charge in [0.05, 0.1) is 8.07 Å². The van der Waals surface area contributed by atoms with Gasteiger partial charge in [-0.15, -0.1) is 6.42 Å². The predicted octanol–water partition coefficient (Wildman–Crippen LogP) is -4.01. The van der Waals surface area contributed by atoms with E-state index in [-0.39, 0.29) is 58.9 Å². The van der Waals surface area contributed by atoms with Crippen molar-refractivity contribution in [3.8, 4) is 0 Å². The SMILES string of the molecule is [C-]1=C([Si]2(c3ccccc3)CCCC2)C(Cc2ccccc2)=CC1.[Cl-].[Cl-].[Cl-].[Ti+4]. The van der Waals surface area contributed by atoms with Gasteiger partial charge in [0.1, 0.15) is 0 Å². The summed E-state index contributed by atoms with van der Waals surface area (Å²) in [6.07, 6.45) is 11.1. The minimum Gasteiger partial charge on any atom is -1.00 e. The summed E-state index contributed by atoms with van der Waals surface area (Å²) in [5, 5.41) is 3.26. The zero-order chi connectivity index (χ0) is 15.5. The minimum absolute atomic E-state index is 0. The maximum Gasteiger partial charge on any atom is 4.00 e. The van der Waals surface area contributed by atoms with Gasteiger partial charge in [0.25, 0.3) is 0 Å². The Morgan fingerprint density at radius 1 is 0.778 bits per heavy atom. The van der Waals surface area contributed by atoms with E-state index in [0.29, 0.717) is 0 Å². The molecule has 0 radical (unpaired) electrons. The van der Waals surface area contributed by atoms with Gasteiger partial charge < -0.3 is 37.2 Å². The van der Waals surface area contributed by atoms with Crippen LogP contribution in [-0.2, 0) is 28.1 Å². The Bertz CT molecular complexity index is 739. The minimum atomic E-state index is -1.56. The molecule has 0 aromatic heterocycles. The molecule has 2 aromatic carbocycles. The van der Waals surface area contributed by atoms with Crippen LogP contribution >= 0.6 is 0 Å². The number of allylic oxidation sites excluding steroid dienone is 4. The Labute approximate surface area is 198 Å². The zero-order valence-electron chi connectivity index (χ0n) is 15.2. The fourth-order valence-electron chi connectivity index (χ4n) is 4.36. The topological polar surface area (TPSA) is 0 Å². The van der Waals surface area contributed by atoms with E-state index in [2.05, 4.69) is 72.8 Å². The molecule has 1 fully saturated rings.